The number of hydrogen-bond acceptors (Lipinski definition) is 3. The molecule has 2 fully saturated rings. The predicted molar refractivity (Wildman–Crippen MR) is 86.3 cm³/mol. The first-order chi connectivity index (χ1) is 11.1. The lowest BCUT2D eigenvalue weighted by Gasteiger charge is -2.33. The fourth-order valence-corrected chi connectivity index (χ4v) is 3.18. The topological polar surface area (TPSA) is 52.6 Å². The van der Waals surface area contributed by atoms with Gasteiger partial charge in [-0.25, -0.2) is 4.39 Å². The molecule has 23 heavy (non-hydrogen) atoms. The van der Waals surface area contributed by atoms with Crippen LogP contribution in [-0.2, 0) is 4.79 Å². The highest BCUT2D eigenvalue weighted by Gasteiger charge is 2.28. The van der Waals surface area contributed by atoms with Crippen molar-refractivity contribution >= 4 is 5.91 Å². The van der Waals surface area contributed by atoms with Crippen LogP contribution in [0.3, 0.4) is 0 Å². The lowest BCUT2D eigenvalue weighted by molar-refractivity contribution is -0.127. The van der Waals surface area contributed by atoms with Crippen molar-refractivity contribution in [3.63, 3.8) is 0 Å². The van der Waals surface area contributed by atoms with Crippen LogP contribution in [-0.4, -0.2) is 42.1 Å². The first kappa shape index (κ1) is 16.4. The Labute approximate surface area is 136 Å². The molecule has 0 bridgehead atoms. The van der Waals surface area contributed by atoms with Crippen LogP contribution in [0, 0.1) is 17.7 Å². The summed E-state index contributed by atoms with van der Waals surface area (Å²) in [6.45, 7) is 2.88. The molecule has 0 aromatic heterocycles. The van der Waals surface area contributed by atoms with Crippen molar-refractivity contribution in [2.75, 3.05) is 26.2 Å². The van der Waals surface area contributed by atoms with Gasteiger partial charge in [0.05, 0.1) is 12.0 Å². The quantitative estimate of drug-likeness (QED) is 0.844. The minimum Gasteiger partial charge on any atom is -0.387 e. The zero-order valence-electron chi connectivity index (χ0n) is 13.4. The molecule has 0 radical (unpaired) electrons. The second-order valence-corrected chi connectivity index (χ2v) is 6.85. The molecule has 1 heterocycles. The molecule has 1 aliphatic carbocycles. The smallest absolute Gasteiger partial charge is 0.224 e. The average Bonchev–Trinajstić information content (AvgIpc) is 3.38. The maximum Gasteiger partial charge on any atom is 0.224 e. The number of β-amino-alcohol motifs (C(OH)–C–C–N with tert-alkyl or cyclic N) is 1. The third-order valence-electron chi connectivity index (χ3n) is 4.82. The Hall–Kier alpha value is -1.46. The van der Waals surface area contributed by atoms with E-state index < -0.39 is 6.10 Å². The van der Waals surface area contributed by atoms with E-state index in [0.717, 1.165) is 25.9 Å². The lowest BCUT2D eigenvalue weighted by atomic mass is 9.96. The molecule has 4 nitrogen and oxygen atoms in total. The van der Waals surface area contributed by atoms with Gasteiger partial charge in [0.2, 0.25) is 5.91 Å². The number of halogens is 1. The second kappa shape index (κ2) is 7.41. The predicted octanol–water partition coefficient (Wildman–Crippen LogP) is 2.10. The van der Waals surface area contributed by atoms with Crippen molar-refractivity contribution in [3.05, 3.63) is 35.6 Å². The van der Waals surface area contributed by atoms with E-state index in [1.165, 1.54) is 25.0 Å². The van der Waals surface area contributed by atoms with Crippen LogP contribution >= 0.6 is 0 Å². The molecule has 1 saturated carbocycles. The van der Waals surface area contributed by atoms with Gasteiger partial charge < -0.3 is 10.4 Å². The zero-order chi connectivity index (χ0) is 16.2. The summed E-state index contributed by atoms with van der Waals surface area (Å²) in [7, 11) is 0. The van der Waals surface area contributed by atoms with Gasteiger partial charge in [-0.2, -0.15) is 0 Å². The van der Waals surface area contributed by atoms with Crippen molar-refractivity contribution in [2.24, 2.45) is 11.8 Å². The van der Waals surface area contributed by atoms with Gasteiger partial charge in [0.1, 0.15) is 5.82 Å². The molecule has 1 aromatic carbocycles. The number of rotatable bonds is 6. The number of carbonyl (C=O) groups excluding carboxylic acids is 1. The molecule has 1 amide bonds. The minimum atomic E-state index is -0.649. The summed E-state index contributed by atoms with van der Waals surface area (Å²) >= 11 is 0. The van der Waals surface area contributed by atoms with Crippen LogP contribution in [0.4, 0.5) is 4.39 Å². The van der Waals surface area contributed by atoms with Gasteiger partial charge in [-0.05, 0) is 55.8 Å². The van der Waals surface area contributed by atoms with Gasteiger partial charge in [-0.1, -0.05) is 12.1 Å². The summed E-state index contributed by atoms with van der Waals surface area (Å²) in [5, 5.41) is 13.4. The number of nitrogens with zero attached hydrogens (tertiary/aromatic N) is 1. The standard InChI is InChI=1S/C18H25FN2O2/c19-16-7-5-14(6-8-16)17(22)12-21-9-1-2-15(11-21)18(23)20-10-13-3-4-13/h5-8,13,15,17,22H,1-4,9-12H2,(H,20,23). The van der Waals surface area contributed by atoms with Gasteiger partial charge in [0, 0.05) is 19.6 Å². The van der Waals surface area contributed by atoms with Crippen LogP contribution in [0.15, 0.2) is 24.3 Å². The third-order valence-corrected chi connectivity index (χ3v) is 4.82. The van der Waals surface area contributed by atoms with Crippen LogP contribution in [0.1, 0.15) is 37.4 Å². The maximum absolute atomic E-state index is 12.9. The number of amides is 1. The molecule has 0 spiro atoms. The number of nitrogens with one attached hydrogen (secondary N) is 1. The number of carbonyl (C=O) groups is 1. The van der Waals surface area contributed by atoms with Crippen LogP contribution < -0.4 is 5.32 Å². The highest BCUT2D eigenvalue weighted by molar-refractivity contribution is 5.79. The summed E-state index contributed by atoms with van der Waals surface area (Å²) in [5.41, 5.74) is 0.715. The normalized spacial score (nSPS) is 23.5. The number of piperidine rings is 1. The first-order valence-electron chi connectivity index (χ1n) is 8.55. The van der Waals surface area contributed by atoms with E-state index in [2.05, 4.69) is 10.2 Å². The summed E-state index contributed by atoms with van der Waals surface area (Å²) in [6.07, 6.45) is 3.71. The summed E-state index contributed by atoms with van der Waals surface area (Å²) in [4.78, 5) is 14.4. The number of aliphatic hydroxyl groups is 1. The lowest BCUT2D eigenvalue weighted by Crippen LogP contribution is -2.44. The first-order valence-corrected chi connectivity index (χ1v) is 8.55. The zero-order valence-corrected chi connectivity index (χ0v) is 13.4. The molecular formula is C18H25FN2O2. The molecule has 2 atom stereocenters. The molecule has 2 N–H and O–H groups in total. The van der Waals surface area contributed by atoms with Gasteiger partial charge >= 0.3 is 0 Å². The van der Waals surface area contributed by atoms with E-state index in [0.29, 0.717) is 24.6 Å². The Morgan fingerprint density at radius 1 is 1.30 bits per heavy atom. The number of likely N-dealkylation sites (tertiary alicyclic amines) is 1. The van der Waals surface area contributed by atoms with Gasteiger partial charge in [0.25, 0.3) is 0 Å². The Balaban J connectivity index is 1.49. The molecule has 1 aromatic rings. The highest BCUT2D eigenvalue weighted by atomic mass is 19.1. The Kier molecular flexibility index (Phi) is 5.28. The molecule has 1 saturated heterocycles. The van der Waals surface area contributed by atoms with Crippen molar-refractivity contribution in [2.45, 2.75) is 31.8 Å². The Morgan fingerprint density at radius 3 is 2.74 bits per heavy atom. The van der Waals surface area contributed by atoms with Gasteiger partial charge in [0.15, 0.2) is 0 Å². The van der Waals surface area contributed by atoms with Crippen molar-refractivity contribution < 1.29 is 14.3 Å². The van der Waals surface area contributed by atoms with Crippen LogP contribution in [0.5, 0.6) is 0 Å². The molecule has 3 rings (SSSR count). The third kappa shape index (κ3) is 4.75. The average molecular weight is 320 g/mol. The highest BCUT2D eigenvalue weighted by Crippen LogP contribution is 2.28. The van der Waals surface area contributed by atoms with E-state index in [1.54, 1.807) is 12.1 Å². The SMILES string of the molecule is O=C(NCC1CC1)C1CCCN(CC(O)c2ccc(F)cc2)C1. The van der Waals surface area contributed by atoms with E-state index in [4.69, 9.17) is 0 Å². The number of aliphatic hydroxyl groups excluding tert-OH is 1. The molecule has 2 aliphatic rings. The van der Waals surface area contributed by atoms with E-state index in [9.17, 15) is 14.3 Å². The Morgan fingerprint density at radius 2 is 2.04 bits per heavy atom. The van der Waals surface area contributed by atoms with Crippen molar-refractivity contribution in [1.82, 2.24) is 10.2 Å². The largest absolute Gasteiger partial charge is 0.387 e. The molecule has 2 unspecified atom stereocenters. The van der Waals surface area contributed by atoms with Crippen molar-refractivity contribution in [3.8, 4) is 0 Å². The van der Waals surface area contributed by atoms with Crippen molar-refractivity contribution in [1.29, 1.82) is 0 Å². The molecule has 126 valence electrons. The Bertz CT molecular complexity index is 530. The second-order valence-electron chi connectivity index (χ2n) is 6.85. The van der Waals surface area contributed by atoms with E-state index in [-0.39, 0.29) is 17.6 Å². The number of benzene rings is 1. The maximum atomic E-state index is 12.9. The molecular weight excluding hydrogens is 295 g/mol. The fraction of sp³-hybridized carbons (Fsp3) is 0.611. The molecule has 5 heteroatoms. The minimum absolute atomic E-state index is 0.0166. The summed E-state index contributed by atoms with van der Waals surface area (Å²) in [6, 6.07) is 5.96. The summed E-state index contributed by atoms with van der Waals surface area (Å²) in [5.74, 6) is 0.561. The van der Waals surface area contributed by atoms with Gasteiger partial charge in [-0.15, -0.1) is 0 Å². The van der Waals surface area contributed by atoms with E-state index in [1.807, 2.05) is 0 Å². The van der Waals surface area contributed by atoms with E-state index >= 15 is 0 Å². The van der Waals surface area contributed by atoms with Crippen LogP contribution in [0.2, 0.25) is 0 Å². The fourth-order valence-electron chi connectivity index (χ4n) is 3.18. The number of hydrogen-bond donors (Lipinski definition) is 2. The van der Waals surface area contributed by atoms with Crippen LogP contribution in [0.25, 0.3) is 0 Å². The summed E-state index contributed by atoms with van der Waals surface area (Å²) < 4.78 is 12.9. The van der Waals surface area contributed by atoms with Gasteiger partial charge in [-0.3, -0.25) is 9.69 Å². The molecule has 1 aliphatic heterocycles. The monoisotopic (exact) mass is 320 g/mol.